The van der Waals surface area contributed by atoms with E-state index in [1.165, 1.54) is 25.7 Å². The zero-order chi connectivity index (χ0) is 11.8. The molecule has 1 amide bonds. The van der Waals surface area contributed by atoms with E-state index in [9.17, 15) is 4.79 Å². The van der Waals surface area contributed by atoms with Crippen LogP contribution in [0.25, 0.3) is 0 Å². The van der Waals surface area contributed by atoms with E-state index in [4.69, 9.17) is 4.74 Å². The maximum atomic E-state index is 12.3. The monoisotopic (exact) mass is 238 g/mol. The molecule has 2 heterocycles. The summed E-state index contributed by atoms with van der Waals surface area (Å²) in [5.41, 5.74) is 0. The molecule has 0 spiro atoms. The van der Waals surface area contributed by atoms with Crippen molar-refractivity contribution in [1.29, 1.82) is 0 Å². The van der Waals surface area contributed by atoms with Gasteiger partial charge in [0.1, 0.15) is 0 Å². The summed E-state index contributed by atoms with van der Waals surface area (Å²) in [7, 11) is 0. The van der Waals surface area contributed by atoms with Crippen LogP contribution in [0.5, 0.6) is 0 Å². The summed E-state index contributed by atoms with van der Waals surface area (Å²) in [6.45, 7) is 3.52. The van der Waals surface area contributed by atoms with Gasteiger partial charge in [-0.2, -0.15) is 0 Å². The van der Waals surface area contributed by atoms with Gasteiger partial charge < -0.3 is 9.64 Å². The van der Waals surface area contributed by atoms with E-state index in [0.717, 1.165) is 19.6 Å². The zero-order valence-electron chi connectivity index (χ0n) is 10.5. The average molecular weight is 238 g/mol. The molecule has 3 rings (SSSR count). The largest absolute Gasteiger partial charge is 0.379 e. The Balaban J connectivity index is 1.77. The number of nitrogens with one attached hydrogen (secondary N) is 1. The van der Waals surface area contributed by atoms with Gasteiger partial charge >= 0.3 is 0 Å². The van der Waals surface area contributed by atoms with Gasteiger partial charge in [-0.15, -0.1) is 0 Å². The highest BCUT2D eigenvalue weighted by Gasteiger charge is 2.45. The predicted molar refractivity (Wildman–Crippen MR) is 64.4 cm³/mol. The van der Waals surface area contributed by atoms with Gasteiger partial charge in [-0.25, -0.2) is 0 Å². The highest BCUT2D eigenvalue weighted by Crippen LogP contribution is 2.34. The van der Waals surface area contributed by atoms with Crippen molar-refractivity contribution in [3.05, 3.63) is 0 Å². The molecule has 3 fully saturated rings. The molecule has 0 aromatic carbocycles. The van der Waals surface area contributed by atoms with E-state index < -0.39 is 0 Å². The summed E-state index contributed by atoms with van der Waals surface area (Å²) in [6, 6.07) is 0.298. The normalized spacial score (nSPS) is 39.5. The summed E-state index contributed by atoms with van der Waals surface area (Å²) < 4.78 is 5.44. The van der Waals surface area contributed by atoms with Crippen LogP contribution >= 0.6 is 0 Å². The second kappa shape index (κ2) is 4.58. The maximum Gasteiger partial charge on any atom is 0.241 e. The molecule has 0 aromatic heterocycles. The molecule has 1 aliphatic carbocycles. The van der Waals surface area contributed by atoms with Crippen molar-refractivity contribution in [1.82, 2.24) is 10.2 Å². The van der Waals surface area contributed by atoms with E-state index >= 15 is 0 Å². The van der Waals surface area contributed by atoms with Crippen molar-refractivity contribution >= 4 is 5.91 Å². The molecule has 0 radical (unpaired) electrons. The standard InChI is InChI=1S/C13H22N2O2/c1-9-13(16)15(11-6-7-17-8-11)12(14-9)10-4-2-3-5-10/h9-12,14H,2-8H2,1H3. The Labute approximate surface area is 103 Å². The molecule has 4 heteroatoms. The van der Waals surface area contributed by atoms with Gasteiger partial charge in [0.15, 0.2) is 0 Å². The van der Waals surface area contributed by atoms with Crippen molar-refractivity contribution in [2.24, 2.45) is 5.92 Å². The van der Waals surface area contributed by atoms with Gasteiger partial charge in [0.05, 0.1) is 24.9 Å². The lowest BCUT2D eigenvalue weighted by Gasteiger charge is -2.33. The molecule has 17 heavy (non-hydrogen) atoms. The first kappa shape index (κ1) is 11.5. The number of ether oxygens (including phenoxy) is 1. The van der Waals surface area contributed by atoms with E-state index in [2.05, 4.69) is 10.2 Å². The molecule has 3 aliphatic rings. The third kappa shape index (κ3) is 1.97. The predicted octanol–water partition coefficient (Wildman–Crippen LogP) is 1.11. The number of carbonyl (C=O) groups excluding carboxylic acids is 1. The Morgan fingerprint density at radius 1 is 1.29 bits per heavy atom. The van der Waals surface area contributed by atoms with E-state index in [0.29, 0.717) is 12.0 Å². The van der Waals surface area contributed by atoms with Crippen LogP contribution in [0, 0.1) is 5.92 Å². The van der Waals surface area contributed by atoms with Crippen LogP contribution in [0.1, 0.15) is 39.0 Å². The Hall–Kier alpha value is -0.610. The van der Waals surface area contributed by atoms with E-state index in [1.807, 2.05) is 6.92 Å². The van der Waals surface area contributed by atoms with Gasteiger partial charge in [0.2, 0.25) is 5.91 Å². The first-order valence-electron chi connectivity index (χ1n) is 6.93. The number of hydrogen-bond donors (Lipinski definition) is 1. The smallest absolute Gasteiger partial charge is 0.241 e. The molecule has 4 nitrogen and oxygen atoms in total. The van der Waals surface area contributed by atoms with Gasteiger partial charge in [-0.05, 0) is 32.1 Å². The van der Waals surface area contributed by atoms with Crippen LogP contribution in [0.4, 0.5) is 0 Å². The quantitative estimate of drug-likeness (QED) is 0.783. The summed E-state index contributed by atoms with van der Waals surface area (Å²) in [5.74, 6) is 0.932. The fourth-order valence-corrected chi connectivity index (χ4v) is 3.55. The Morgan fingerprint density at radius 3 is 2.71 bits per heavy atom. The molecule has 0 aromatic rings. The molecule has 3 atom stereocenters. The maximum absolute atomic E-state index is 12.3. The van der Waals surface area contributed by atoms with Crippen LogP contribution in [0.3, 0.4) is 0 Å². The molecular formula is C13H22N2O2. The summed E-state index contributed by atoms with van der Waals surface area (Å²) >= 11 is 0. The minimum absolute atomic E-state index is 0.0128. The Bertz CT molecular complexity index is 296. The zero-order valence-corrected chi connectivity index (χ0v) is 10.5. The van der Waals surface area contributed by atoms with Crippen LogP contribution in [0.2, 0.25) is 0 Å². The van der Waals surface area contributed by atoms with Gasteiger partial charge in [-0.3, -0.25) is 10.1 Å². The summed E-state index contributed by atoms with van der Waals surface area (Å²) in [6.07, 6.45) is 6.44. The van der Waals surface area contributed by atoms with Crippen LogP contribution in [-0.2, 0) is 9.53 Å². The van der Waals surface area contributed by atoms with Crippen LogP contribution in [-0.4, -0.2) is 42.3 Å². The molecule has 1 N–H and O–H groups in total. The minimum atomic E-state index is -0.0128. The van der Waals surface area contributed by atoms with E-state index in [-0.39, 0.29) is 18.1 Å². The Morgan fingerprint density at radius 2 is 2.06 bits per heavy atom. The van der Waals surface area contributed by atoms with Crippen molar-refractivity contribution in [3.63, 3.8) is 0 Å². The molecule has 0 bridgehead atoms. The second-order valence-corrected chi connectivity index (χ2v) is 5.64. The van der Waals surface area contributed by atoms with E-state index in [1.54, 1.807) is 0 Å². The van der Waals surface area contributed by atoms with Crippen molar-refractivity contribution in [2.75, 3.05) is 13.2 Å². The average Bonchev–Trinajstić information content (AvgIpc) is 3.01. The summed E-state index contributed by atoms with van der Waals surface area (Å²) in [5, 5.41) is 3.49. The highest BCUT2D eigenvalue weighted by atomic mass is 16.5. The lowest BCUT2D eigenvalue weighted by molar-refractivity contribution is -0.132. The number of hydrogen-bond acceptors (Lipinski definition) is 3. The van der Waals surface area contributed by atoms with Gasteiger partial charge in [0, 0.05) is 6.61 Å². The van der Waals surface area contributed by atoms with Gasteiger partial charge in [0.25, 0.3) is 0 Å². The molecule has 2 aliphatic heterocycles. The Kier molecular flexibility index (Phi) is 3.09. The number of amides is 1. The summed E-state index contributed by atoms with van der Waals surface area (Å²) in [4.78, 5) is 14.4. The van der Waals surface area contributed by atoms with Crippen molar-refractivity contribution in [3.8, 4) is 0 Å². The third-order valence-corrected chi connectivity index (χ3v) is 4.49. The molecule has 96 valence electrons. The first-order chi connectivity index (χ1) is 8.27. The fourth-order valence-electron chi connectivity index (χ4n) is 3.55. The lowest BCUT2D eigenvalue weighted by atomic mass is 10.0. The third-order valence-electron chi connectivity index (χ3n) is 4.49. The van der Waals surface area contributed by atoms with Crippen LogP contribution < -0.4 is 5.32 Å². The number of nitrogens with zero attached hydrogens (tertiary/aromatic N) is 1. The number of rotatable bonds is 2. The molecule has 1 saturated carbocycles. The topological polar surface area (TPSA) is 41.6 Å². The minimum Gasteiger partial charge on any atom is -0.379 e. The SMILES string of the molecule is CC1NC(C2CCCC2)N(C2CCOC2)C1=O. The highest BCUT2D eigenvalue weighted by molar-refractivity contribution is 5.84. The van der Waals surface area contributed by atoms with Crippen molar-refractivity contribution < 1.29 is 9.53 Å². The molecule has 3 unspecified atom stereocenters. The van der Waals surface area contributed by atoms with Crippen LogP contribution in [0.15, 0.2) is 0 Å². The first-order valence-corrected chi connectivity index (χ1v) is 6.93. The van der Waals surface area contributed by atoms with Crippen molar-refractivity contribution in [2.45, 2.75) is 57.3 Å². The second-order valence-electron chi connectivity index (χ2n) is 5.64. The fraction of sp³-hybridized carbons (Fsp3) is 0.923. The lowest BCUT2D eigenvalue weighted by Crippen LogP contribution is -2.48. The van der Waals surface area contributed by atoms with Gasteiger partial charge in [-0.1, -0.05) is 12.8 Å². The number of carbonyl (C=O) groups is 1. The molecular weight excluding hydrogens is 216 g/mol. The molecule has 2 saturated heterocycles.